The van der Waals surface area contributed by atoms with Gasteiger partial charge in [-0.3, -0.25) is 4.79 Å². The average molecular weight is 293 g/mol. The molecule has 1 aromatic carbocycles. The van der Waals surface area contributed by atoms with Gasteiger partial charge in [0.15, 0.2) is 0 Å². The molecule has 0 aromatic heterocycles. The number of rotatable bonds is 6. The van der Waals surface area contributed by atoms with E-state index in [9.17, 15) is 9.18 Å². The van der Waals surface area contributed by atoms with Crippen LogP contribution in [-0.2, 0) is 0 Å². The average Bonchev–Trinajstić information content (AvgIpc) is 2.73. The Bertz CT molecular complexity index is 471. The van der Waals surface area contributed by atoms with Gasteiger partial charge in [0.25, 0.3) is 5.91 Å². The molecule has 1 saturated carbocycles. The molecule has 1 amide bonds. The van der Waals surface area contributed by atoms with Crippen LogP contribution in [0.15, 0.2) is 18.2 Å². The molecule has 1 fully saturated rings. The van der Waals surface area contributed by atoms with Gasteiger partial charge in [0.1, 0.15) is 5.82 Å². The first-order valence-electron chi connectivity index (χ1n) is 7.73. The molecular weight excluding hydrogens is 269 g/mol. The second-order valence-electron chi connectivity index (χ2n) is 5.62. The van der Waals surface area contributed by atoms with E-state index in [0.717, 1.165) is 6.54 Å². The number of carbonyl (C=O) groups is 1. The van der Waals surface area contributed by atoms with Gasteiger partial charge in [0, 0.05) is 24.8 Å². The molecule has 0 unspecified atom stereocenters. The summed E-state index contributed by atoms with van der Waals surface area (Å²) in [5.41, 5.74) is 6.05. The standard InChI is InChI=1S/C16H24FN3O/c17-12-7-8-15(14(11-12)16(18)21)20-10-9-19-13-5-3-1-2-4-6-13/h7-8,11,13,19-20H,1-6,9-10H2,(H2,18,21). The fraction of sp³-hybridized carbons (Fsp3) is 0.562. The molecule has 1 aliphatic rings. The first-order valence-corrected chi connectivity index (χ1v) is 7.73. The highest BCUT2D eigenvalue weighted by Crippen LogP contribution is 2.18. The summed E-state index contributed by atoms with van der Waals surface area (Å²) in [4.78, 5) is 11.3. The Balaban J connectivity index is 1.79. The van der Waals surface area contributed by atoms with Gasteiger partial charge in [-0.2, -0.15) is 0 Å². The predicted molar refractivity (Wildman–Crippen MR) is 82.9 cm³/mol. The third-order valence-electron chi connectivity index (χ3n) is 3.98. The summed E-state index contributed by atoms with van der Waals surface area (Å²) in [5, 5.41) is 6.69. The number of nitrogens with one attached hydrogen (secondary N) is 2. The second kappa shape index (κ2) is 7.98. The molecule has 0 spiro atoms. The summed E-state index contributed by atoms with van der Waals surface area (Å²) in [7, 11) is 0. The molecule has 4 N–H and O–H groups in total. The van der Waals surface area contributed by atoms with Crippen LogP contribution in [-0.4, -0.2) is 25.0 Å². The number of anilines is 1. The second-order valence-corrected chi connectivity index (χ2v) is 5.62. The Morgan fingerprint density at radius 2 is 1.90 bits per heavy atom. The molecule has 0 heterocycles. The van der Waals surface area contributed by atoms with Crippen LogP contribution in [0.4, 0.5) is 10.1 Å². The van der Waals surface area contributed by atoms with Crippen molar-refractivity contribution in [1.82, 2.24) is 5.32 Å². The zero-order valence-electron chi connectivity index (χ0n) is 12.3. The Morgan fingerprint density at radius 3 is 2.57 bits per heavy atom. The number of nitrogens with two attached hydrogens (primary N) is 1. The molecule has 1 aromatic rings. The Morgan fingerprint density at radius 1 is 1.19 bits per heavy atom. The highest BCUT2D eigenvalue weighted by molar-refractivity contribution is 5.98. The van der Waals surface area contributed by atoms with Crippen molar-refractivity contribution in [3.05, 3.63) is 29.6 Å². The Labute approximate surface area is 125 Å². The molecule has 21 heavy (non-hydrogen) atoms. The van der Waals surface area contributed by atoms with E-state index in [1.54, 1.807) is 6.07 Å². The SMILES string of the molecule is NC(=O)c1cc(F)ccc1NCCNC1CCCCCC1. The van der Waals surface area contributed by atoms with Crippen LogP contribution in [0.1, 0.15) is 48.9 Å². The van der Waals surface area contributed by atoms with E-state index in [-0.39, 0.29) is 5.56 Å². The van der Waals surface area contributed by atoms with Crippen molar-refractivity contribution in [2.24, 2.45) is 5.73 Å². The van der Waals surface area contributed by atoms with Gasteiger partial charge in [0.05, 0.1) is 5.56 Å². The quantitative estimate of drug-likeness (QED) is 0.558. The van der Waals surface area contributed by atoms with E-state index in [2.05, 4.69) is 10.6 Å². The van der Waals surface area contributed by atoms with E-state index in [4.69, 9.17) is 5.73 Å². The van der Waals surface area contributed by atoms with Gasteiger partial charge in [-0.1, -0.05) is 25.7 Å². The lowest BCUT2D eigenvalue weighted by Crippen LogP contribution is -2.32. The first kappa shape index (κ1) is 15.8. The lowest BCUT2D eigenvalue weighted by molar-refractivity contribution is 0.100. The molecule has 0 atom stereocenters. The van der Waals surface area contributed by atoms with Crippen molar-refractivity contribution in [3.63, 3.8) is 0 Å². The summed E-state index contributed by atoms with van der Waals surface area (Å²) >= 11 is 0. The maximum atomic E-state index is 13.1. The normalized spacial score (nSPS) is 16.4. The van der Waals surface area contributed by atoms with Crippen molar-refractivity contribution in [1.29, 1.82) is 0 Å². The highest BCUT2D eigenvalue weighted by atomic mass is 19.1. The van der Waals surface area contributed by atoms with Crippen LogP contribution in [0.25, 0.3) is 0 Å². The van der Waals surface area contributed by atoms with Crippen LogP contribution in [0.3, 0.4) is 0 Å². The van der Waals surface area contributed by atoms with Gasteiger partial charge in [-0.15, -0.1) is 0 Å². The molecule has 5 heteroatoms. The zero-order chi connectivity index (χ0) is 15.1. The Kier molecular flexibility index (Phi) is 5.99. The fourth-order valence-electron chi connectivity index (χ4n) is 2.83. The summed E-state index contributed by atoms with van der Waals surface area (Å²) in [5.74, 6) is -1.07. The van der Waals surface area contributed by atoms with Crippen LogP contribution < -0.4 is 16.4 Å². The number of halogens is 1. The molecule has 4 nitrogen and oxygen atoms in total. The van der Waals surface area contributed by atoms with E-state index in [0.29, 0.717) is 18.3 Å². The molecule has 0 bridgehead atoms. The molecule has 116 valence electrons. The summed E-state index contributed by atoms with van der Waals surface area (Å²) < 4.78 is 13.1. The van der Waals surface area contributed by atoms with Gasteiger partial charge in [-0.05, 0) is 31.0 Å². The van der Waals surface area contributed by atoms with Crippen molar-refractivity contribution >= 4 is 11.6 Å². The van der Waals surface area contributed by atoms with Crippen LogP contribution >= 0.6 is 0 Å². The molecule has 0 radical (unpaired) electrons. The third kappa shape index (κ3) is 5.01. The molecule has 0 aliphatic heterocycles. The van der Waals surface area contributed by atoms with Crippen molar-refractivity contribution in [2.75, 3.05) is 18.4 Å². The number of primary amides is 1. The fourth-order valence-corrected chi connectivity index (χ4v) is 2.83. The minimum Gasteiger partial charge on any atom is -0.383 e. The van der Waals surface area contributed by atoms with Crippen molar-refractivity contribution in [3.8, 4) is 0 Å². The minimum atomic E-state index is -0.617. The monoisotopic (exact) mass is 293 g/mol. The topological polar surface area (TPSA) is 67.2 Å². The smallest absolute Gasteiger partial charge is 0.250 e. The maximum absolute atomic E-state index is 13.1. The zero-order valence-corrected chi connectivity index (χ0v) is 12.3. The lowest BCUT2D eigenvalue weighted by atomic mass is 10.1. The van der Waals surface area contributed by atoms with E-state index >= 15 is 0 Å². The van der Waals surface area contributed by atoms with Crippen LogP contribution in [0.2, 0.25) is 0 Å². The summed E-state index contributed by atoms with van der Waals surface area (Å²) in [6, 6.07) is 4.65. The maximum Gasteiger partial charge on any atom is 0.250 e. The number of amides is 1. The number of hydrogen-bond acceptors (Lipinski definition) is 3. The summed E-state index contributed by atoms with van der Waals surface area (Å²) in [6.07, 6.45) is 7.76. The highest BCUT2D eigenvalue weighted by Gasteiger charge is 2.12. The van der Waals surface area contributed by atoms with Crippen LogP contribution in [0, 0.1) is 5.82 Å². The van der Waals surface area contributed by atoms with Gasteiger partial charge < -0.3 is 16.4 Å². The van der Waals surface area contributed by atoms with Gasteiger partial charge >= 0.3 is 0 Å². The van der Waals surface area contributed by atoms with Crippen molar-refractivity contribution < 1.29 is 9.18 Å². The van der Waals surface area contributed by atoms with E-state index < -0.39 is 11.7 Å². The molecule has 1 aliphatic carbocycles. The largest absolute Gasteiger partial charge is 0.383 e. The van der Waals surface area contributed by atoms with Crippen molar-refractivity contribution in [2.45, 2.75) is 44.6 Å². The number of hydrogen-bond donors (Lipinski definition) is 3. The van der Waals surface area contributed by atoms with Gasteiger partial charge in [0.2, 0.25) is 0 Å². The van der Waals surface area contributed by atoms with E-state index in [1.807, 2.05) is 0 Å². The summed E-state index contributed by atoms with van der Waals surface area (Å²) in [6.45, 7) is 1.50. The predicted octanol–water partition coefficient (Wildman–Crippen LogP) is 2.65. The Hall–Kier alpha value is -1.62. The first-order chi connectivity index (χ1) is 10.2. The lowest BCUT2D eigenvalue weighted by Gasteiger charge is -2.17. The number of benzene rings is 1. The van der Waals surface area contributed by atoms with Crippen LogP contribution in [0.5, 0.6) is 0 Å². The van der Waals surface area contributed by atoms with Gasteiger partial charge in [-0.25, -0.2) is 4.39 Å². The van der Waals surface area contributed by atoms with E-state index in [1.165, 1.54) is 50.7 Å². The number of carbonyl (C=O) groups excluding carboxylic acids is 1. The minimum absolute atomic E-state index is 0.199. The third-order valence-corrected chi connectivity index (χ3v) is 3.98. The molecule has 2 rings (SSSR count). The molecule has 0 saturated heterocycles. The molecular formula is C16H24FN3O.